The smallest absolute Gasteiger partial charge is 0.342 e. The number of aryl methyl sites for hydroxylation is 1. The van der Waals surface area contributed by atoms with E-state index in [1.54, 1.807) is 20.9 Å². The molecule has 28 heavy (non-hydrogen) atoms. The largest absolute Gasteiger partial charge is 0.505 e. The molecule has 154 valence electrons. The predicted octanol–water partition coefficient (Wildman–Crippen LogP) is 1.44. The van der Waals surface area contributed by atoms with Gasteiger partial charge in [0.2, 0.25) is 0 Å². The Morgan fingerprint density at radius 2 is 1.86 bits per heavy atom. The van der Waals surface area contributed by atoms with E-state index in [2.05, 4.69) is 11.9 Å². The molecule has 2 N–H and O–H groups in total. The number of hydrogen-bond acceptors (Lipinski definition) is 8. The average molecular weight is 394 g/mol. The van der Waals surface area contributed by atoms with E-state index in [0.717, 1.165) is 0 Å². The molecule has 9 nitrogen and oxygen atoms in total. The van der Waals surface area contributed by atoms with Gasteiger partial charge >= 0.3 is 11.9 Å². The van der Waals surface area contributed by atoms with Crippen LogP contribution in [0.1, 0.15) is 30.6 Å². The zero-order valence-electron chi connectivity index (χ0n) is 16.5. The van der Waals surface area contributed by atoms with Gasteiger partial charge in [0.1, 0.15) is 11.3 Å². The second kappa shape index (κ2) is 10.8. The van der Waals surface area contributed by atoms with Crippen molar-refractivity contribution >= 4 is 11.9 Å². The first kappa shape index (κ1) is 22.8. The molecule has 0 amide bonds. The molecule has 0 unspecified atom stereocenters. The minimum absolute atomic E-state index is 0.0125. The molecule has 1 aromatic rings. The van der Waals surface area contributed by atoms with Gasteiger partial charge in [-0.25, -0.2) is 9.59 Å². The third-order valence-corrected chi connectivity index (χ3v) is 3.73. The van der Waals surface area contributed by atoms with Crippen molar-refractivity contribution < 1.29 is 28.9 Å². The lowest BCUT2D eigenvalue weighted by Crippen LogP contribution is -2.26. The Balaban J connectivity index is 0.000000283. The Labute approximate surface area is 163 Å². The fraction of sp³-hybridized carbons (Fsp3) is 0.421. The summed E-state index contributed by atoms with van der Waals surface area (Å²) in [4.78, 5) is 34.2. The highest BCUT2D eigenvalue weighted by molar-refractivity contribution is 5.92. The summed E-state index contributed by atoms with van der Waals surface area (Å²) in [5, 5.41) is 12.3. The predicted molar refractivity (Wildman–Crippen MR) is 102 cm³/mol. The van der Waals surface area contributed by atoms with E-state index in [1.807, 2.05) is 0 Å². The van der Waals surface area contributed by atoms with Crippen molar-refractivity contribution in [3.63, 3.8) is 0 Å². The standard InChI is InChI=1S/C10H13NO4.C9H13NO3/c1-4-15-10(13)7-5-6-11(2)9(12)8(7)14-3;1-3-13-9(12)7-4-5-10-6(2)8(7)11/h5-6H,4H2,1-3H3;10-11H,2-5H2,1H3. The Morgan fingerprint density at radius 3 is 2.43 bits per heavy atom. The number of pyridine rings is 1. The van der Waals surface area contributed by atoms with Crippen molar-refractivity contribution in [3.05, 3.63) is 51.8 Å². The van der Waals surface area contributed by atoms with E-state index in [0.29, 0.717) is 30.8 Å². The van der Waals surface area contributed by atoms with Crippen LogP contribution in [-0.2, 0) is 21.3 Å². The van der Waals surface area contributed by atoms with Crippen molar-refractivity contribution in [2.75, 3.05) is 26.9 Å². The van der Waals surface area contributed by atoms with Gasteiger partial charge in [-0.15, -0.1) is 0 Å². The Kier molecular flexibility index (Phi) is 8.80. The molecule has 0 fully saturated rings. The number of hydrogen-bond donors (Lipinski definition) is 2. The highest BCUT2D eigenvalue weighted by Gasteiger charge is 2.21. The number of methoxy groups -OCH3 is 1. The minimum Gasteiger partial charge on any atom is -0.505 e. The van der Waals surface area contributed by atoms with E-state index in [-0.39, 0.29) is 29.2 Å². The van der Waals surface area contributed by atoms with Crippen LogP contribution in [0.3, 0.4) is 0 Å². The quantitative estimate of drug-likeness (QED) is 0.721. The van der Waals surface area contributed by atoms with Gasteiger partial charge in [-0.05, 0) is 19.9 Å². The van der Waals surface area contributed by atoms with Crippen LogP contribution in [0.5, 0.6) is 5.75 Å². The van der Waals surface area contributed by atoms with Crippen LogP contribution in [0, 0.1) is 0 Å². The number of rotatable bonds is 5. The summed E-state index contributed by atoms with van der Waals surface area (Å²) in [6.07, 6.45) is 1.97. The molecule has 0 saturated carbocycles. The number of aliphatic hydroxyl groups excluding tert-OH is 1. The van der Waals surface area contributed by atoms with Gasteiger partial charge in [0.15, 0.2) is 5.75 Å². The lowest BCUT2D eigenvalue weighted by Gasteiger charge is -2.18. The number of esters is 2. The fourth-order valence-electron chi connectivity index (χ4n) is 2.31. The number of nitrogens with zero attached hydrogens (tertiary/aromatic N) is 1. The third kappa shape index (κ3) is 5.63. The first-order valence-corrected chi connectivity index (χ1v) is 8.71. The first-order chi connectivity index (χ1) is 13.3. The van der Waals surface area contributed by atoms with Crippen LogP contribution in [0.4, 0.5) is 0 Å². The molecule has 0 aliphatic carbocycles. The molecule has 0 atom stereocenters. The van der Waals surface area contributed by atoms with Gasteiger partial charge in [0, 0.05) is 26.2 Å². The van der Waals surface area contributed by atoms with Gasteiger partial charge in [-0.1, -0.05) is 6.58 Å². The summed E-state index contributed by atoms with van der Waals surface area (Å²) in [5.74, 6) is -1.07. The maximum atomic E-state index is 11.6. The van der Waals surface area contributed by atoms with Crippen LogP contribution in [0.25, 0.3) is 0 Å². The maximum Gasteiger partial charge on any atom is 0.342 e. The van der Waals surface area contributed by atoms with Gasteiger partial charge in [-0.3, -0.25) is 4.79 Å². The van der Waals surface area contributed by atoms with Gasteiger partial charge < -0.3 is 29.2 Å². The summed E-state index contributed by atoms with van der Waals surface area (Å²) < 4.78 is 15.8. The topological polar surface area (TPSA) is 116 Å². The molecule has 1 aliphatic rings. The molecule has 1 aliphatic heterocycles. The highest BCUT2D eigenvalue weighted by Crippen LogP contribution is 2.17. The second-order valence-electron chi connectivity index (χ2n) is 5.60. The lowest BCUT2D eigenvalue weighted by molar-refractivity contribution is -0.138. The van der Waals surface area contributed by atoms with Crippen LogP contribution >= 0.6 is 0 Å². The van der Waals surface area contributed by atoms with E-state index in [1.165, 1.54) is 23.9 Å². The molecule has 0 radical (unpaired) electrons. The number of aromatic nitrogens is 1. The fourth-order valence-corrected chi connectivity index (χ4v) is 2.31. The minimum atomic E-state index is -0.549. The van der Waals surface area contributed by atoms with E-state index in [4.69, 9.17) is 14.2 Å². The number of nitrogens with one attached hydrogen (secondary N) is 1. The summed E-state index contributed by atoms with van der Waals surface area (Å²) in [5.41, 5.74) is 0.491. The average Bonchev–Trinajstić information content (AvgIpc) is 2.66. The SMILES string of the molecule is C=C1NCCC(C(=O)OCC)=C1O.CCOC(=O)c1ccn(C)c(=O)c1OC. The van der Waals surface area contributed by atoms with Crippen LogP contribution < -0.4 is 15.6 Å². The van der Waals surface area contributed by atoms with Gasteiger partial charge in [0.05, 0.1) is 31.6 Å². The lowest BCUT2D eigenvalue weighted by atomic mass is 10.1. The molecule has 0 spiro atoms. The van der Waals surface area contributed by atoms with E-state index >= 15 is 0 Å². The van der Waals surface area contributed by atoms with Crippen molar-refractivity contribution in [3.8, 4) is 5.75 Å². The molecule has 2 rings (SSSR count). The van der Waals surface area contributed by atoms with Crippen LogP contribution in [0.2, 0.25) is 0 Å². The zero-order valence-corrected chi connectivity index (χ0v) is 16.5. The first-order valence-electron chi connectivity index (χ1n) is 8.71. The second-order valence-corrected chi connectivity index (χ2v) is 5.60. The summed E-state index contributed by atoms with van der Waals surface area (Å²) in [6, 6.07) is 1.50. The molecule has 1 aromatic heterocycles. The third-order valence-electron chi connectivity index (χ3n) is 3.73. The molecule has 9 heteroatoms. The van der Waals surface area contributed by atoms with Crippen LogP contribution in [0.15, 0.2) is 40.7 Å². The summed E-state index contributed by atoms with van der Waals surface area (Å²) in [7, 11) is 2.93. The number of carbonyl (C=O) groups is 2. The summed E-state index contributed by atoms with van der Waals surface area (Å²) in [6.45, 7) is 8.17. The van der Waals surface area contributed by atoms with Crippen molar-refractivity contribution in [1.29, 1.82) is 0 Å². The van der Waals surface area contributed by atoms with Crippen LogP contribution in [-0.4, -0.2) is 48.5 Å². The Hall–Kier alpha value is -3.23. The van der Waals surface area contributed by atoms with Gasteiger partial charge in [0.25, 0.3) is 5.56 Å². The Morgan fingerprint density at radius 1 is 1.25 bits per heavy atom. The number of carbonyl (C=O) groups excluding carboxylic acids is 2. The molecule has 0 aromatic carbocycles. The maximum absolute atomic E-state index is 11.6. The molecular formula is C19H26N2O7. The number of aliphatic hydroxyl groups is 1. The monoisotopic (exact) mass is 394 g/mol. The molecule has 0 saturated heterocycles. The van der Waals surface area contributed by atoms with Crippen molar-refractivity contribution in [2.45, 2.75) is 20.3 Å². The highest BCUT2D eigenvalue weighted by atomic mass is 16.5. The molecule has 0 bridgehead atoms. The zero-order chi connectivity index (χ0) is 21.3. The molecular weight excluding hydrogens is 368 g/mol. The summed E-state index contributed by atoms with van der Waals surface area (Å²) >= 11 is 0. The van der Waals surface area contributed by atoms with E-state index < -0.39 is 11.9 Å². The van der Waals surface area contributed by atoms with Crippen molar-refractivity contribution in [2.24, 2.45) is 7.05 Å². The normalized spacial score (nSPS) is 13.1. The van der Waals surface area contributed by atoms with Crippen molar-refractivity contribution in [1.82, 2.24) is 9.88 Å². The van der Waals surface area contributed by atoms with E-state index in [9.17, 15) is 19.5 Å². The van der Waals surface area contributed by atoms with Gasteiger partial charge in [-0.2, -0.15) is 0 Å². The molecule has 2 heterocycles. The Bertz CT molecular complexity index is 824. The number of ether oxygens (including phenoxy) is 3.